The van der Waals surface area contributed by atoms with Gasteiger partial charge in [-0.05, 0) is 63.1 Å². The molecular weight excluding hydrogens is 522 g/mol. The van der Waals surface area contributed by atoms with Crippen molar-refractivity contribution in [2.24, 2.45) is 0 Å². The minimum absolute atomic E-state index is 0.0442. The van der Waals surface area contributed by atoms with Gasteiger partial charge >= 0.3 is 0 Å². The van der Waals surface area contributed by atoms with Gasteiger partial charge in [-0.1, -0.05) is 73.1 Å². The smallest absolute Gasteiger partial charge is 0.264 e. The first-order valence-corrected chi connectivity index (χ1v) is 14.2. The summed E-state index contributed by atoms with van der Waals surface area (Å²) in [6.45, 7) is 6.95. The van der Waals surface area contributed by atoms with Crippen LogP contribution in [0.4, 0.5) is 5.69 Å². The number of halogens is 1. The molecule has 0 spiro atoms. The van der Waals surface area contributed by atoms with Gasteiger partial charge in [0.25, 0.3) is 10.0 Å². The highest BCUT2D eigenvalue weighted by Crippen LogP contribution is 2.25. The molecule has 3 rings (SSSR count). The molecule has 3 aromatic carbocycles. The molecule has 3 aromatic rings. The summed E-state index contributed by atoms with van der Waals surface area (Å²) >= 11 is 6.42. The van der Waals surface area contributed by atoms with E-state index in [-0.39, 0.29) is 17.3 Å². The molecular formula is C29H34ClN3O4S. The second kappa shape index (κ2) is 12.5. The highest BCUT2D eigenvalue weighted by Gasteiger charge is 2.34. The average Bonchev–Trinajstić information content (AvgIpc) is 2.88. The molecule has 0 bridgehead atoms. The number of anilines is 1. The fourth-order valence-corrected chi connectivity index (χ4v) is 5.66. The normalized spacial score (nSPS) is 12.4. The number of nitrogens with one attached hydrogen (secondary N) is 1. The maximum absolute atomic E-state index is 14.0. The van der Waals surface area contributed by atoms with Crippen molar-refractivity contribution in [3.8, 4) is 0 Å². The quantitative estimate of drug-likeness (QED) is 0.370. The molecule has 0 aliphatic carbocycles. The second-order valence-electron chi connectivity index (χ2n) is 9.94. The molecule has 7 nitrogen and oxygen atoms in total. The van der Waals surface area contributed by atoms with Crippen LogP contribution in [0.1, 0.15) is 39.7 Å². The van der Waals surface area contributed by atoms with E-state index in [2.05, 4.69) is 5.32 Å². The highest BCUT2D eigenvalue weighted by molar-refractivity contribution is 7.92. The summed E-state index contributed by atoms with van der Waals surface area (Å²) in [6.07, 6.45) is 0.328. The van der Waals surface area contributed by atoms with E-state index in [0.29, 0.717) is 22.7 Å². The van der Waals surface area contributed by atoms with E-state index in [1.807, 2.05) is 27.7 Å². The number of hydrogen-bond acceptors (Lipinski definition) is 4. The number of hydrogen-bond donors (Lipinski definition) is 1. The Balaban J connectivity index is 2.05. The third kappa shape index (κ3) is 7.36. The molecule has 2 amide bonds. The minimum Gasteiger partial charge on any atom is -0.350 e. The van der Waals surface area contributed by atoms with Crippen LogP contribution in [0.25, 0.3) is 0 Å². The third-order valence-electron chi connectivity index (χ3n) is 5.84. The number of benzene rings is 3. The molecule has 1 unspecified atom stereocenters. The standard InChI is InChI=1S/C29H34ClN3O4S/c1-5-26(28(35)31-29(2,3)4)32(20-22-14-12-13-19-25(22)30)27(34)21-33(23-15-8-6-9-16-23)38(36,37)24-17-10-7-11-18-24/h6-19,26H,5,20-21H2,1-4H3,(H,31,35). The molecule has 0 fully saturated rings. The number of nitrogens with zero attached hydrogens (tertiary/aromatic N) is 2. The summed E-state index contributed by atoms with van der Waals surface area (Å²) in [5.41, 5.74) is 0.479. The van der Waals surface area contributed by atoms with Gasteiger partial charge in [0.2, 0.25) is 11.8 Å². The van der Waals surface area contributed by atoms with Crippen LogP contribution in [0.3, 0.4) is 0 Å². The Hall–Kier alpha value is -3.36. The van der Waals surface area contributed by atoms with Crippen LogP contribution in [0.5, 0.6) is 0 Å². The topological polar surface area (TPSA) is 86.8 Å². The van der Waals surface area contributed by atoms with Gasteiger partial charge in [-0.2, -0.15) is 0 Å². The summed E-state index contributed by atoms with van der Waals surface area (Å²) < 4.78 is 28.5. The zero-order chi connectivity index (χ0) is 27.9. The number of carbonyl (C=O) groups is 2. The summed E-state index contributed by atoms with van der Waals surface area (Å²) in [5.74, 6) is -0.846. The molecule has 9 heteroatoms. The van der Waals surface area contributed by atoms with Gasteiger partial charge in [-0.25, -0.2) is 8.42 Å². The van der Waals surface area contributed by atoms with Gasteiger partial charge < -0.3 is 10.2 Å². The molecule has 202 valence electrons. The molecule has 0 aliphatic rings. The highest BCUT2D eigenvalue weighted by atomic mass is 35.5. The molecule has 38 heavy (non-hydrogen) atoms. The van der Waals surface area contributed by atoms with Crippen molar-refractivity contribution in [3.63, 3.8) is 0 Å². The monoisotopic (exact) mass is 555 g/mol. The SMILES string of the molecule is CCC(C(=O)NC(C)(C)C)N(Cc1ccccc1Cl)C(=O)CN(c1ccccc1)S(=O)(=O)c1ccccc1. The van der Waals surface area contributed by atoms with E-state index >= 15 is 0 Å². The predicted molar refractivity (Wildman–Crippen MR) is 151 cm³/mol. The number of sulfonamides is 1. The fraction of sp³-hybridized carbons (Fsp3) is 0.310. The maximum Gasteiger partial charge on any atom is 0.264 e. The van der Waals surface area contributed by atoms with E-state index < -0.39 is 34.1 Å². The van der Waals surface area contributed by atoms with Crippen LogP contribution in [-0.2, 0) is 26.2 Å². The van der Waals surface area contributed by atoms with Crippen molar-refractivity contribution in [1.82, 2.24) is 10.2 Å². The lowest BCUT2D eigenvalue weighted by atomic mass is 10.1. The Morgan fingerprint density at radius 3 is 2.00 bits per heavy atom. The molecule has 0 radical (unpaired) electrons. The number of carbonyl (C=O) groups excluding carboxylic acids is 2. The number of rotatable bonds is 10. The van der Waals surface area contributed by atoms with E-state index in [4.69, 9.17) is 11.6 Å². The Morgan fingerprint density at radius 1 is 0.895 bits per heavy atom. The minimum atomic E-state index is -4.09. The molecule has 0 heterocycles. The Bertz CT molecular complexity index is 1340. The average molecular weight is 556 g/mol. The zero-order valence-electron chi connectivity index (χ0n) is 22.1. The van der Waals surface area contributed by atoms with Crippen LogP contribution in [0, 0.1) is 0 Å². The first-order chi connectivity index (χ1) is 17.9. The second-order valence-corrected chi connectivity index (χ2v) is 12.2. The zero-order valence-corrected chi connectivity index (χ0v) is 23.7. The van der Waals surface area contributed by atoms with Crippen LogP contribution in [0.15, 0.2) is 89.8 Å². The van der Waals surface area contributed by atoms with Crippen molar-refractivity contribution in [3.05, 3.63) is 95.5 Å². The van der Waals surface area contributed by atoms with Gasteiger partial charge in [0.1, 0.15) is 12.6 Å². The molecule has 0 aliphatic heterocycles. The summed E-state index contributed by atoms with van der Waals surface area (Å²) in [4.78, 5) is 28.8. The number of para-hydroxylation sites is 1. The summed E-state index contributed by atoms with van der Waals surface area (Å²) in [6, 6.07) is 22.7. The van der Waals surface area contributed by atoms with Gasteiger partial charge in [0.05, 0.1) is 10.6 Å². The van der Waals surface area contributed by atoms with E-state index in [1.54, 1.807) is 72.8 Å². The summed E-state index contributed by atoms with van der Waals surface area (Å²) in [7, 11) is -4.09. The van der Waals surface area contributed by atoms with E-state index in [1.165, 1.54) is 17.0 Å². The van der Waals surface area contributed by atoms with Crippen molar-refractivity contribution >= 4 is 39.1 Å². The van der Waals surface area contributed by atoms with Crippen molar-refractivity contribution in [2.75, 3.05) is 10.8 Å². The van der Waals surface area contributed by atoms with Crippen molar-refractivity contribution < 1.29 is 18.0 Å². The van der Waals surface area contributed by atoms with Crippen LogP contribution in [0.2, 0.25) is 5.02 Å². The molecule has 0 saturated heterocycles. The first-order valence-electron chi connectivity index (χ1n) is 12.4. The van der Waals surface area contributed by atoms with Gasteiger partial charge in [0, 0.05) is 17.1 Å². The largest absolute Gasteiger partial charge is 0.350 e. The lowest BCUT2D eigenvalue weighted by molar-refractivity contribution is -0.141. The van der Waals surface area contributed by atoms with E-state index in [0.717, 1.165) is 4.31 Å². The van der Waals surface area contributed by atoms with Gasteiger partial charge in [-0.3, -0.25) is 13.9 Å². The Kier molecular flexibility index (Phi) is 9.57. The fourth-order valence-electron chi connectivity index (χ4n) is 4.03. The third-order valence-corrected chi connectivity index (χ3v) is 7.99. The Morgan fingerprint density at radius 2 is 1.45 bits per heavy atom. The molecule has 0 saturated carbocycles. The maximum atomic E-state index is 14.0. The van der Waals surface area contributed by atoms with E-state index in [9.17, 15) is 18.0 Å². The van der Waals surface area contributed by atoms with Crippen LogP contribution >= 0.6 is 11.6 Å². The van der Waals surface area contributed by atoms with Crippen LogP contribution in [-0.4, -0.2) is 43.3 Å². The molecule has 1 atom stereocenters. The molecule has 0 aromatic heterocycles. The van der Waals surface area contributed by atoms with Crippen molar-refractivity contribution in [1.29, 1.82) is 0 Å². The van der Waals surface area contributed by atoms with Gasteiger partial charge in [-0.15, -0.1) is 0 Å². The lowest BCUT2D eigenvalue weighted by Gasteiger charge is -2.35. The Labute approximate surface area is 230 Å². The number of amides is 2. The lowest BCUT2D eigenvalue weighted by Crippen LogP contribution is -2.55. The molecule has 1 N–H and O–H groups in total. The van der Waals surface area contributed by atoms with Crippen LogP contribution < -0.4 is 9.62 Å². The van der Waals surface area contributed by atoms with Gasteiger partial charge in [0.15, 0.2) is 0 Å². The summed E-state index contributed by atoms with van der Waals surface area (Å²) in [5, 5.41) is 3.40. The van der Waals surface area contributed by atoms with Crippen molar-refractivity contribution in [2.45, 2.75) is 57.1 Å². The first kappa shape index (κ1) is 29.2. The predicted octanol–water partition coefficient (Wildman–Crippen LogP) is 5.26.